The van der Waals surface area contributed by atoms with E-state index in [1.807, 2.05) is 47.6 Å². The highest BCUT2D eigenvalue weighted by Crippen LogP contribution is 2.31. The molecule has 0 bridgehead atoms. The Morgan fingerprint density at radius 1 is 0.511 bits per heavy atom. The number of rotatable bonds is 17. The average Bonchev–Trinajstić information content (AvgIpc) is 1.24. The summed E-state index contributed by atoms with van der Waals surface area (Å²) in [6.07, 6.45) is 2.67. The van der Waals surface area contributed by atoms with Gasteiger partial charge in [0, 0.05) is 86.3 Å². The lowest BCUT2D eigenvalue weighted by Crippen LogP contribution is -2.63. The molecule has 516 valence electrons. The Balaban J connectivity index is 4.46. The number of hydrogen-bond donors (Lipinski definition) is 3. The number of nitrogens with one attached hydrogen (secondary N) is 1. The first-order valence-electron chi connectivity index (χ1n) is 33.1. The summed E-state index contributed by atoms with van der Waals surface area (Å²) in [5, 5.41) is 25.8. The van der Waals surface area contributed by atoms with Gasteiger partial charge in [-0.1, -0.05) is 116 Å². The van der Waals surface area contributed by atoms with Gasteiger partial charge in [-0.2, -0.15) is 0 Å². The van der Waals surface area contributed by atoms with Gasteiger partial charge < -0.3 is 49.8 Å². The molecule has 1 aliphatic rings. The summed E-state index contributed by atoms with van der Waals surface area (Å²) in [4.78, 5) is 172. The van der Waals surface area contributed by atoms with Gasteiger partial charge in [0.1, 0.15) is 42.0 Å². The summed E-state index contributed by atoms with van der Waals surface area (Å²) in [6.45, 7) is 33.3. The first kappa shape index (κ1) is 82.4. The molecule has 0 unspecified atom stereocenters. The van der Waals surface area contributed by atoms with E-state index in [0.717, 1.165) is 9.80 Å². The van der Waals surface area contributed by atoms with Crippen molar-refractivity contribution in [3.05, 3.63) is 12.2 Å². The van der Waals surface area contributed by atoms with Crippen LogP contribution in [-0.4, -0.2) is 218 Å². The number of ketones is 3. The van der Waals surface area contributed by atoms with Gasteiger partial charge in [-0.15, -0.1) is 0 Å². The Kier molecular flexibility index (Phi) is 33.5. The third-order valence-electron chi connectivity index (χ3n) is 18.5. The van der Waals surface area contributed by atoms with Gasteiger partial charge in [-0.05, 0) is 114 Å². The van der Waals surface area contributed by atoms with Crippen LogP contribution < -0.4 is 5.32 Å². The number of Topliss-reactive ketones (excluding diaryl/α,β-unsaturated/α-hetero) is 3. The molecule has 14 atom stereocenters. The molecule has 1 rings (SSSR count). The predicted octanol–water partition coefficient (Wildman–Crippen LogP) is 7.07. The number of amides is 8. The van der Waals surface area contributed by atoms with E-state index in [4.69, 9.17) is 0 Å². The maximum atomic E-state index is 15.2. The molecule has 1 heterocycles. The van der Waals surface area contributed by atoms with Gasteiger partial charge in [0.15, 0.2) is 11.6 Å². The van der Waals surface area contributed by atoms with Crippen molar-refractivity contribution in [3.8, 4) is 0 Å². The minimum atomic E-state index is -1.63. The molecule has 8 amide bonds. The number of likely N-dealkylation sites (N-methyl/N-ethyl adjacent to an activating group) is 7. The molecule has 90 heavy (non-hydrogen) atoms. The lowest BCUT2D eigenvalue weighted by molar-refractivity contribution is -0.157. The SMILES string of the molecule is C/C=C/C[C@@H](C)[C@@H](O)[C@H]1C(=O)N[C@@H](CC)C(=O)N(C)[C@H](C)C(=O)N(C)[C@@H]([C@H](C)CCC(C)(C)O)C(=O)C[C@@H](C(C)C)C(=O)N(C)[C@@H](CC(C)C)C(=O)C[C@@H](C)C(=O)C[C@H](C)C(=O)N(C)[C@@H](CC(C)C)C(=O)N(C)[C@@H](CC(C)C)C(=O)N(C)[C@@H](C(C)C)C(=O)N1C. The second-order valence-corrected chi connectivity index (χ2v) is 29.1. The third kappa shape index (κ3) is 22.9. The van der Waals surface area contributed by atoms with Crippen molar-refractivity contribution in [2.75, 3.05) is 49.3 Å². The van der Waals surface area contributed by atoms with Crippen LogP contribution in [0.1, 0.15) is 196 Å². The van der Waals surface area contributed by atoms with Crippen LogP contribution in [0.25, 0.3) is 0 Å². The molecule has 0 aliphatic carbocycles. The second-order valence-electron chi connectivity index (χ2n) is 29.1. The molecule has 0 aromatic rings. The van der Waals surface area contributed by atoms with Crippen molar-refractivity contribution in [2.24, 2.45) is 59.2 Å². The quantitative estimate of drug-likeness (QED) is 0.123. The zero-order valence-electron chi connectivity index (χ0n) is 60.2. The number of carbonyl (C=O) groups excluding carboxylic acids is 11. The van der Waals surface area contributed by atoms with Crippen molar-refractivity contribution in [1.82, 2.24) is 39.6 Å². The minimum Gasteiger partial charge on any atom is -0.390 e. The van der Waals surface area contributed by atoms with Crippen LogP contribution >= 0.6 is 0 Å². The monoisotopic (exact) mass is 1270 g/mol. The minimum absolute atomic E-state index is 0.00549. The number of hydrogen-bond acceptors (Lipinski definition) is 13. The Bertz CT molecular complexity index is 2470. The highest BCUT2D eigenvalue weighted by Gasteiger charge is 2.46. The van der Waals surface area contributed by atoms with Crippen LogP contribution in [0.2, 0.25) is 0 Å². The maximum absolute atomic E-state index is 15.2. The largest absolute Gasteiger partial charge is 0.390 e. The summed E-state index contributed by atoms with van der Waals surface area (Å²) in [5.41, 5.74) is -1.14. The Labute approximate surface area is 541 Å². The zero-order valence-corrected chi connectivity index (χ0v) is 60.2. The van der Waals surface area contributed by atoms with Gasteiger partial charge in [-0.25, -0.2) is 0 Å². The fraction of sp³-hybridized carbons (Fsp3) is 0.812. The molecule has 1 saturated heterocycles. The van der Waals surface area contributed by atoms with Crippen LogP contribution in [0.5, 0.6) is 0 Å². The van der Waals surface area contributed by atoms with Gasteiger partial charge >= 0.3 is 0 Å². The van der Waals surface area contributed by atoms with Crippen molar-refractivity contribution < 1.29 is 63.0 Å². The first-order valence-corrected chi connectivity index (χ1v) is 33.1. The van der Waals surface area contributed by atoms with Crippen LogP contribution in [0, 0.1) is 59.2 Å². The highest BCUT2D eigenvalue weighted by molar-refractivity contribution is 6.00. The van der Waals surface area contributed by atoms with E-state index in [2.05, 4.69) is 5.32 Å². The fourth-order valence-electron chi connectivity index (χ4n) is 12.3. The molecule has 0 radical (unpaired) electrons. The van der Waals surface area contributed by atoms with E-state index < -0.39 is 155 Å². The van der Waals surface area contributed by atoms with Gasteiger partial charge in [0.2, 0.25) is 47.3 Å². The third-order valence-corrected chi connectivity index (χ3v) is 18.5. The van der Waals surface area contributed by atoms with Crippen molar-refractivity contribution in [2.45, 2.75) is 256 Å². The highest BCUT2D eigenvalue weighted by atomic mass is 16.3. The molecule has 0 saturated carbocycles. The molecule has 0 aromatic heterocycles. The number of aliphatic hydroxyl groups is 2. The van der Waals surface area contributed by atoms with Crippen molar-refractivity contribution in [3.63, 3.8) is 0 Å². The van der Waals surface area contributed by atoms with Crippen LogP contribution in [0.15, 0.2) is 12.2 Å². The van der Waals surface area contributed by atoms with Gasteiger partial charge in [0.25, 0.3) is 0 Å². The summed E-state index contributed by atoms with van der Waals surface area (Å²) in [5.74, 6) is -11.6. The molecule has 0 aromatic carbocycles. The normalized spacial score (nSPS) is 27.7. The van der Waals surface area contributed by atoms with Gasteiger partial charge in [0.05, 0.1) is 23.8 Å². The van der Waals surface area contributed by atoms with Crippen LogP contribution in [0.4, 0.5) is 0 Å². The van der Waals surface area contributed by atoms with E-state index >= 15 is 19.2 Å². The lowest BCUT2D eigenvalue weighted by atomic mass is 9.82. The van der Waals surface area contributed by atoms with Gasteiger partial charge in [-0.3, -0.25) is 52.7 Å². The average molecular weight is 1270 g/mol. The van der Waals surface area contributed by atoms with Crippen molar-refractivity contribution >= 4 is 64.6 Å². The zero-order chi connectivity index (χ0) is 70.1. The van der Waals surface area contributed by atoms with E-state index in [9.17, 15) is 43.8 Å². The smallest absolute Gasteiger partial charge is 0.246 e. The van der Waals surface area contributed by atoms with Crippen LogP contribution in [0.3, 0.4) is 0 Å². The molecular formula is C69H122N8O13. The van der Waals surface area contributed by atoms with E-state index in [1.54, 1.807) is 89.2 Å². The summed E-state index contributed by atoms with van der Waals surface area (Å²) in [7, 11) is 10.2. The summed E-state index contributed by atoms with van der Waals surface area (Å²) in [6, 6.07) is -9.81. The molecule has 1 aliphatic heterocycles. The van der Waals surface area contributed by atoms with Crippen LogP contribution in [-0.2, 0) is 52.7 Å². The topological polar surface area (TPSA) is 263 Å². The van der Waals surface area contributed by atoms with E-state index in [1.165, 1.54) is 80.8 Å². The second kappa shape index (κ2) is 36.6. The maximum Gasteiger partial charge on any atom is 0.246 e. The van der Waals surface area contributed by atoms with E-state index in [-0.39, 0.29) is 87.1 Å². The molecule has 21 nitrogen and oxygen atoms in total. The number of aliphatic hydroxyl groups excluding tert-OH is 1. The van der Waals surface area contributed by atoms with E-state index in [0.29, 0.717) is 6.42 Å². The number of allylic oxidation sites excluding steroid dienone is 2. The first-order chi connectivity index (χ1) is 41.3. The Hall–Kier alpha value is -5.57. The summed E-state index contributed by atoms with van der Waals surface area (Å²) < 4.78 is 0. The molecule has 0 spiro atoms. The molecule has 3 N–H and O–H groups in total. The van der Waals surface area contributed by atoms with Crippen molar-refractivity contribution in [1.29, 1.82) is 0 Å². The Morgan fingerprint density at radius 3 is 1.41 bits per heavy atom. The standard InChI is InChI=1S/C69H122N8O13/c1-27-29-30-45(14)60(81)59-61(82)70-50(28-2)65(86)71(20)48(17)63(84)76(25)58(44(13)31-32-69(18,19)90)56(80)38-49(42(9)10)64(85)72(21)51(33-39(3)4)55(79)36-46(15)54(78)37-47(16)62(83)73(22)52(34-40(5)6)66(87)74(23)53(35-41(7)8)67(88)75(24)57(43(11)12)68(89)77(59)26/h27,29,39-53,57-60,81,90H,28,30-38H2,1-26H3,(H,70,82)/b29-27+/t44-,45-,46-,47+,48-,49+,50+,51+,52+,53+,57+,58+,59+,60-/m1/s1. The Morgan fingerprint density at radius 2 is 0.956 bits per heavy atom. The predicted molar refractivity (Wildman–Crippen MR) is 352 cm³/mol. The molecule has 21 heteroatoms. The molecule has 1 fully saturated rings. The fourth-order valence-corrected chi connectivity index (χ4v) is 12.3. The number of carbonyl (C=O) groups is 11. The lowest BCUT2D eigenvalue weighted by Gasteiger charge is -2.41. The number of nitrogens with zero attached hydrogens (tertiary/aromatic N) is 7. The summed E-state index contributed by atoms with van der Waals surface area (Å²) >= 11 is 0. The molecular weight excluding hydrogens is 1150 g/mol.